The SMILES string of the molecule is CCCC(C[C@@H]1O[C@H]1[C@@H]1OC(C)(C)O[C@@H]1CN=[N+]=[N-])C(=O)OC.CCC[C@@H](C[C@H]1O[C@@H]1[C@@H]1OC(C)(C)O[C@@H]1CN=[N+]=[N-])C(=O)OC.CCC[C@H](C[C@H]1O[C@@H]1[C@@H]1OC(C)(C)O[C@@H]1CN=[N+]=[N-])C(=O)OC. The van der Waals surface area contributed by atoms with Crippen molar-refractivity contribution in [3.63, 3.8) is 0 Å². The number of carbonyl (C=O) groups is 3. The topological polar surface area (TPSA) is 318 Å². The number of azide groups is 3. The van der Waals surface area contributed by atoms with Crippen LogP contribution in [0.1, 0.15) is 120 Å². The Bertz CT molecular complexity index is 1640. The van der Waals surface area contributed by atoms with Crippen LogP contribution in [0.25, 0.3) is 31.3 Å². The third-order valence-corrected chi connectivity index (χ3v) is 12.5. The van der Waals surface area contributed by atoms with Crippen molar-refractivity contribution >= 4 is 17.9 Å². The van der Waals surface area contributed by atoms with Crippen LogP contribution in [0.15, 0.2) is 15.3 Å². The second-order valence-electron chi connectivity index (χ2n) is 19.3. The molecule has 0 saturated carbocycles. The summed E-state index contributed by atoms with van der Waals surface area (Å²) in [6, 6.07) is 0. The Morgan fingerprint density at radius 1 is 0.449 bits per heavy atom. The first-order valence-electron chi connectivity index (χ1n) is 24.0. The van der Waals surface area contributed by atoms with Gasteiger partial charge in [0.25, 0.3) is 0 Å². The molecule has 6 aliphatic rings. The minimum absolute atomic E-state index is 0.0540. The van der Waals surface area contributed by atoms with Crippen LogP contribution >= 0.6 is 0 Å². The average molecular weight is 982 g/mol. The highest BCUT2D eigenvalue weighted by Gasteiger charge is 2.58. The zero-order chi connectivity index (χ0) is 51.1. The molecule has 0 spiro atoms. The minimum Gasteiger partial charge on any atom is -0.469 e. The van der Waals surface area contributed by atoms with Gasteiger partial charge in [0.1, 0.15) is 36.6 Å². The standard InChI is InChI=1S/3C15H25N3O5/c3*1-5-6-9(14(19)20-4)7-10-12(21-10)13-11(8-17-18-16)22-15(2,3)23-13/h3*9-13H,5-8H2,1-4H3/t9?,10-,11+,12+,13+;9-,10+,11+,12-,13+;9-,10-,11-,12+,13-/m001/s1. The summed E-state index contributed by atoms with van der Waals surface area (Å²) in [6.07, 6.45) is 4.42. The monoisotopic (exact) mass is 982 g/mol. The molecular formula is C45H75N9O15. The number of ether oxygens (including phenoxy) is 12. The third kappa shape index (κ3) is 17.4. The summed E-state index contributed by atoms with van der Waals surface area (Å²) in [5, 5.41) is 10.7. The average Bonchev–Trinajstić information content (AvgIpc) is 4.27. The molecule has 0 aliphatic carbocycles. The predicted molar refractivity (Wildman–Crippen MR) is 245 cm³/mol. The van der Waals surface area contributed by atoms with Crippen LogP contribution in [-0.2, 0) is 71.2 Å². The van der Waals surface area contributed by atoms with Gasteiger partial charge in [0.2, 0.25) is 0 Å². The van der Waals surface area contributed by atoms with Gasteiger partial charge in [-0.3, -0.25) is 14.4 Å². The van der Waals surface area contributed by atoms with Crippen molar-refractivity contribution < 1.29 is 71.2 Å². The fourth-order valence-corrected chi connectivity index (χ4v) is 9.49. The maximum Gasteiger partial charge on any atom is 0.308 e. The summed E-state index contributed by atoms with van der Waals surface area (Å²) in [4.78, 5) is 43.8. The Morgan fingerprint density at radius 3 is 0.899 bits per heavy atom. The molecular weight excluding hydrogens is 907 g/mol. The largest absolute Gasteiger partial charge is 0.469 e. The second-order valence-corrected chi connectivity index (χ2v) is 19.3. The molecule has 69 heavy (non-hydrogen) atoms. The van der Waals surface area contributed by atoms with Gasteiger partial charge in [0, 0.05) is 14.7 Å². The van der Waals surface area contributed by atoms with Crippen molar-refractivity contribution in [2.24, 2.45) is 33.1 Å². The summed E-state index contributed by atoms with van der Waals surface area (Å²) in [7, 11) is 4.22. The molecule has 6 aliphatic heterocycles. The number of hydrogen-bond donors (Lipinski definition) is 0. The lowest BCUT2D eigenvalue weighted by Gasteiger charge is -2.16. The molecule has 6 saturated heterocycles. The number of hydrogen-bond acceptors (Lipinski definition) is 18. The van der Waals surface area contributed by atoms with E-state index in [-0.39, 0.29) is 129 Å². The molecule has 0 aromatic heterocycles. The van der Waals surface area contributed by atoms with E-state index in [9.17, 15) is 14.4 Å². The molecule has 1 unspecified atom stereocenters. The van der Waals surface area contributed by atoms with Gasteiger partial charge in [-0.25, -0.2) is 0 Å². The molecule has 6 fully saturated rings. The summed E-state index contributed by atoms with van der Waals surface area (Å²) in [5.41, 5.74) is 25.5. The Labute approximate surface area is 404 Å². The van der Waals surface area contributed by atoms with Crippen LogP contribution in [-0.4, -0.2) is 149 Å². The van der Waals surface area contributed by atoms with Gasteiger partial charge in [0.15, 0.2) is 17.4 Å². The van der Waals surface area contributed by atoms with Gasteiger partial charge >= 0.3 is 17.9 Å². The van der Waals surface area contributed by atoms with E-state index in [1.165, 1.54) is 21.3 Å². The second kappa shape index (κ2) is 26.4. The van der Waals surface area contributed by atoms with Crippen LogP contribution in [0.2, 0.25) is 0 Å². The van der Waals surface area contributed by atoms with Crippen molar-refractivity contribution in [1.82, 2.24) is 0 Å². The van der Waals surface area contributed by atoms with Crippen molar-refractivity contribution in [1.29, 1.82) is 0 Å². The zero-order valence-corrected chi connectivity index (χ0v) is 42.3. The summed E-state index contributed by atoms with van der Waals surface area (Å²) in [6.45, 7) is 17.6. The van der Waals surface area contributed by atoms with Crippen molar-refractivity contribution in [2.75, 3.05) is 41.0 Å². The maximum absolute atomic E-state index is 11.8. The van der Waals surface area contributed by atoms with E-state index in [1.807, 2.05) is 62.3 Å². The van der Waals surface area contributed by atoms with Crippen LogP contribution in [0.5, 0.6) is 0 Å². The van der Waals surface area contributed by atoms with Crippen LogP contribution in [0, 0.1) is 17.8 Å². The van der Waals surface area contributed by atoms with E-state index in [4.69, 9.17) is 73.4 Å². The number of carbonyl (C=O) groups excluding carboxylic acids is 3. The van der Waals surface area contributed by atoms with Gasteiger partial charge < -0.3 is 56.8 Å². The highest BCUT2D eigenvalue weighted by atomic mass is 16.8. The molecule has 6 rings (SSSR count). The molecule has 0 aromatic carbocycles. The lowest BCUT2D eigenvalue weighted by atomic mass is 9.95. The molecule has 0 amide bonds. The van der Waals surface area contributed by atoms with Crippen LogP contribution in [0.4, 0.5) is 0 Å². The van der Waals surface area contributed by atoms with E-state index in [0.717, 1.165) is 38.5 Å². The smallest absolute Gasteiger partial charge is 0.308 e. The molecule has 0 N–H and O–H groups in total. The zero-order valence-electron chi connectivity index (χ0n) is 42.3. The van der Waals surface area contributed by atoms with Crippen molar-refractivity contribution in [3.8, 4) is 0 Å². The lowest BCUT2D eigenvalue weighted by molar-refractivity contribution is -0.147. The Kier molecular flexibility index (Phi) is 22.1. The van der Waals surface area contributed by atoms with Crippen molar-refractivity contribution in [3.05, 3.63) is 31.3 Å². The molecule has 24 nitrogen and oxygen atoms in total. The molecule has 0 bridgehead atoms. The molecule has 24 heteroatoms. The number of rotatable bonds is 24. The Balaban J connectivity index is 0.000000225. The summed E-state index contributed by atoms with van der Waals surface area (Å²) >= 11 is 0. The number of epoxide rings is 3. The quantitative estimate of drug-likeness (QED) is 0.0223. The van der Waals surface area contributed by atoms with Gasteiger partial charge in [-0.05, 0) is 96.7 Å². The van der Waals surface area contributed by atoms with E-state index in [2.05, 4.69) is 30.1 Å². The first kappa shape index (κ1) is 57.6. The predicted octanol–water partition coefficient (Wildman–Crippen LogP) is 7.69. The number of methoxy groups -OCH3 is 3. The Morgan fingerprint density at radius 2 is 0.696 bits per heavy atom. The van der Waals surface area contributed by atoms with Crippen molar-refractivity contribution in [2.45, 2.75) is 211 Å². The molecule has 15 atom stereocenters. The number of esters is 3. The van der Waals surface area contributed by atoms with E-state index in [1.54, 1.807) is 0 Å². The first-order valence-corrected chi connectivity index (χ1v) is 24.0. The van der Waals surface area contributed by atoms with Gasteiger partial charge in [-0.1, -0.05) is 55.4 Å². The fraction of sp³-hybridized carbons (Fsp3) is 0.933. The normalized spacial score (nSPS) is 32.9. The summed E-state index contributed by atoms with van der Waals surface area (Å²) < 4.78 is 66.8. The molecule has 0 aromatic rings. The third-order valence-electron chi connectivity index (χ3n) is 12.5. The first-order chi connectivity index (χ1) is 32.7. The number of nitrogens with zero attached hydrogens (tertiary/aromatic N) is 9. The van der Waals surface area contributed by atoms with Gasteiger partial charge in [0.05, 0.1) is 95.3 Å². The minimum atomic E-state index is -0.734. The fourth-order valence-electron chi connectivity index (χ4n) is 9.49. The van der Waals surface area contributed by atoms with Gasteiger partial charge in [-0.15, -0.1) is 0 Å². The molecule has 0 radical (unpaired) electrons. The highest BCUT2D eigenvalue weighted by Crippen LogP contribution is 2.44. The summed E-state index contributed by atoms with van der Waals surface area (Å²) in [5.74, 6) is -3.28. The lowest BCUT2D eigenvalue weighted by Crippen LogP contribution is -2.32. The van der Waals surface area contributed by atoms with E-state index in [0.29, 0.717) is 19.3 Å². The van der Waals surface area contributed by atoms with Gasteiger partial charge in [-0.2, -0.15) is 0 Å². The highest BCUT2D eigenvalue weighted by molar-refractivity contribution is 5.73. The van der Waals surface area contributed by atoms with Crippen LogP contribution in [0.3, 0.4) is 0 Å². The van der Waals surface area contributed by atoms with Crippen LogP contribution < -0.4 is 0 Å². The molecule has 390 valence electrons. The van der Waals surface area contributed by atoms with E-state index >= 15 is 0 Å². The Hall–Kier alpha value is -4.02. The maximum atomic E-state index is 11.8. The molecule has 6 heterocycles. The van der Waals surface area contributed by atoms with E-state index < -0.39 is 17.4 Å².